The highest BCUT2D eigenvalue weighted by molar-refractivity contribution is 5.98. The first-order valence-electron chi connectivity index (χ1n) is 12.7. The second kappa shape index (κ2) is 9.97. The summed E-state index contributed by atoms with van der Waals surface area (Å²) in [5.41, 5.74) is 1.95. The fourth-order valence-corrected chi connectivity index (χ4v) is 5.52. The lowest BCUT2D eigenvalue weighted by molar-refractivity contribution is 0.0891. The van der Waals surface area contributed by atoms with Crippen molar-refractivity contribution in [2.45, 2.75) is 105 Å². The van der Waals surface area contributed by atoms with Crippen molar-refractivity contribution >= 4 is 11.8 Å². The molecule has 0 bridgehead atoms. The Morgan fingerprint density at radius 1 is 0.594 bits per heavy atom. The predicted octanol–water partition coefficient (Wildman–Crippen LogP) is 6.36. The summed E-state index contributed by atoms with van der Waals surface area (Å²) in [6.45, 7) is 13.9. The third-order valence-electron chi connectivity index (χ3n) is 7.98. The Balaban J connectivity index is 1.46. The lowest BCUT2D eigenvalue weighted by Crippen LogP contribution is -2.40. The van der Waals surface area contributed by atoms with Crippen molar-refractivity contribution in [2.24, 2.45) is 22.7 Å². The van der Waals surface area contributed by atoms with Crippen LogP contribution < -0.4 is 10.6 Å². The molecular formula is C28H44N2O2. The molecular weight excluding hydrogens is 396 g/mol. The molecule has 0 saturated heterocycles. The van der Waals surface area contributed by atoms with Gasteiger partial charge in [-0.05, 0) is 98.3 Å². The molecule has 178 valence electrons. The van der Waals surface area contributed by atoms with Crippen LogP contribution >= 0.6 is 0 Å². The Kier molecular flexibility index (Phi) is 7.73. The minimum Gasteiger partial charge on any atom is -0.349 e. The summed E-state index contributed by atoms with van der Waals surface area (Å²) >= 11 is 0. The second-order valence-electron chi connectivity index (χ2n) is 12.4. The van der Waals surface area contributed by atoms with Crippen LogP contribution in [-0.2, 0) is 0 Å². The smallest absolute Gasteiger partial charge is 0.251 e. The Hall–Kier alpha value is -1.84. The molecule has 2 amide bonds. The maximum absolute atomic E-state index is 12.7. The number of hydrogen-bond acceptors (Lipinski definition) is 2. The van der Waals surface area contributed by atoms with Crippen molar-refractivity contribution in [3.63, 3.8) is 0 Å². The standard InChI is InChI=1S/C28H44N2O2/c1-27(2,3)21-11-15-23(16-12-21)29-25(31)19-7-9-20(10-8-19)26(32)30-24-17-13-22(14-18-24)28(4,5)6/h7-10,21-24H,11-18H2,1-6H3,(H,29,31)(H,30,32). The molecule has 0 aromatic heterocycles. The minimum absolute atomic E-state index is 0.0309. The normalized spacial score (nSPS) is 26.9. The fourth-order valence-electron chi connectivity index (χ4n) is 5.52. The van der Waals surface area contributed by atoms with Gasteiger partial charge in [0, 0.05) is 23.2 Å². The van der Waals surface area contributed by atoms with Crippen LogP contribution in [0.5, 0.6) is 0 Å². The molecule has 2 saturated carbocycles. The van der Waals surface area contributed by atoms with Crippen LogP contribution in [0.3, 0.4) is 0 Å². The summed E-state index contributed by atoms with van der Waals surface area (Å²) in [6.07, 6.45) is 8.88. The van der Waals surface area contributed by atoms with E-state index in [9.17, 15) is 9.59 Å². The van der Waals surface area contributed by atoms with Crippen molar-refractivity contribution in [1.29, 1.82) is 0 Å². The maximum Gasteiger partial charge on any atom is 0.251 e. The van der Waals surface area contributed by atoms with Gasteiger partial charge in [-0.1, -0.05) is 41.5 Å². The largest absolute Gasteiger partial charge is 0.349 e. The number of nitrogens with one attached hydrogen (secondary N) is 2. The molecule has 1 aromatic rings. The van der Waals surface area contributed by atoms with Gasteiger partial charge in [-0.15, -0.1) is 0 Å². The van der Waals surface area contributed by atoms with Gasteiger partial charge in [-0.2, -0.15) is 0 Å². The van der Waals surface area contributed by atoms with Crippen molar-refractivity contribution < 1.29 is 9.59 Å². The Morgan fingerprint density at radius 3 is 1.12 bits per heavy atom. The number of benzene rings is 1. The van der Waals surface area contributed by atoms with E-state index in [4.69, 9.17) is 0 Å². The zero-order chi connectivity index (χ0) is 23.5. The number of rotatable bonds is 4. The zero-order valence-corrected chi connectivity index (χ0v) is 21.1. The van der Waals surface area contributed by atoms with Gasteiger partial charge in [-0.3, -0.25) is 9.59 Å². The van der Waals surface area contributed by atoms with Crippen molar-refractivity contribution in [3.8, 4) is 0 Å². The molecule has 2 N–H and O–H groups in total. The molecule has 0 radical (unpaired) electrons. The average molecular weight is 441 g/mol. The third-order valence-corrected chi connectivity index (χ3v) is 7.98. The topological polar surface area (TPSA) is 58.2 Å². The van der Waals surface area contributed by atoms with Gasteiger partial charge < -0.3 is 10.6 Å². The third kappa shape index (κ3) is 6.59. The van der Waals surface area contributed by atoms with E-state index in [1.807, 2.05) is 0 Å². The molecule has 3 rings (SSSR count). The summed E-state index contributed by atoms with van der Waals surface area (Å²) in [5, 5.41) is 6.40. The maximum atomic E-state index is 12.7. The van der Waals surface area contributed by atoms with Crippen LogP contribution in [0.2, 0.25) is 0 Å². The Morgan fingerprint density at radius 2 is 0.875 bits per heavy atom. The van der Waals surface area contributed by atoms with E-state index in [1.165, 1.54) is 25.7 Å². The van der Waals surface area contributed by atoms with Gasteiger partial charge >= 0.3 is 0 Å². The molecule has 0 atom stereocenters. The lowest BCUT2D eigenvalue weighted by Gasteiger charge is -2.37. The number of carbonyl (C=O) groups is 2. The van der Waals surface area contributed by atoms with Crippen molar-refractivity contribution in [3.05, 3.63) is 35.4 Å². The van der Waals surface area contributed by atoms with Gasteiger partial charge in [0.1, 0.15) is 0 Å². The van der Waals surface area contributed by atoms with E-state index in [-0.39, 0.29) is 23.9 Å². The highest BCUT2D eigenvalue weighted by atomic mass is 16.2. The van der Waals surface area contributed by atoms with E-state index in [1.54, 1.807) is 24.3 Å². The molecule has 0 aliphatic heterocycles. The van der Waals surface area contributed by atoms with Gasteiger partial charge in [-0.25, -0.2) is 0 Å². The molecule has 1 aromatic carbocycles. The van der Waals surface area contributed by atoms with Crippen LogP contribution in [0.15, 0.2) is 24.3 Å². The summed E-state index contributed by atoms with van der Waals surface area (Å²) in [6, 6.07) is 7.63. The quantitative estimate of drug-likeness (QED) is 0.572. The van der Waals surface area contributed by atoms with Crippen molar-refractivity contribution in [2.75, 3.05) is 0 Å². The summed E-state index contributed by atoms with van der Waals surface area (Å²) < 4.78 is 0. The molecule has 32 heavy (non-hydrogen) atoms. The first-order valence-corrected chi connectivity index (χ1v) is 12.7. The van der Waals surface area contributed by atoms with E-state index >= 15 is 0 Å². The predicted molar refractivity (Wildman–Crippen MR) is 132 cm³/mol. The molecule has 4 heteroatoms. The van der Waals surface area contributed by atoms with Gasteiger partial charge in [0.15, 0.2) is 0 Å². The average Bonchev–Trinajstić information content (AvgIpc) is 2.73. The molecule has 2 aliphatic rings. The van der Waals surface area contributed by atoms with Crippen LogP contribution in [0.1, 0.15) is 114 Å². The summed E-state index contributed by atoms with van der Waals surface area (Å²) in [5.74, 6) is 1.40. The van der Waals surface area contributed by atoms with E-state index in [2.05, 4.69) is 52.2 Å². The number of hydrogen-bond donors (Lipinski definition) is 2. The molecule has 0 unspecified atom stereocenters. The highest BCUT2D eigenvalue weighted by Crippen LogP contribution is 2.38. The lowest BCUT2D eigenvalue weighted by atomic mass is 9.71. The first kappa shape index (κ1) is 24.8. The molecule has 4 nitrogen and oxygen atoms in total. The SMILES string of the molecule is CC(C)(C)C1CCC(NC(=O)c2ccc(C(=O)NC3CCC(C(C)(C)C)CC3)cc2)CC1. The number of amides is 2. The van der Waals surface area contributed by atoms with Gasteiger partial charge in [0.2, 0.25) is 0 Å². The van der Waals surface area contributed by atoms with Crippen LogP contribution in [0.4, 0.5) is 0 Å². The van der Waals surface area contributed by atoms with Crippen LogP contribution in [-0.4, -0.2) is 23.9 Å². The zero-order valence-electron chi connectivity index (χ0n) is 21.1. The summed E-state index contributed by atoms with van der Waals surface area (Å²) in [7, 11) is 0. The van der Waals surface area contributed by atoms with Crippen LogP contribution in [0.25, 0.3) is 0 Å². The Bertz CT molecular complexity index is 702. The van der Waals surface area contributed by atoms with E-state index in [0.717, 1.165) is 37.5 Å². The van der Waals surface area contributed by atoms with E-state index in [0.29, 0.717) is 22.0 Å². The second-order valence-corrected chi connectivity index (χ2v) is 12.4. The fraction of sp³-hybridized carbons (Fsp3) is 0.714. The monoisotopic (exact) mass is 440 g/mol. The van der Waals surface area contributed by atoms with Gasteiger partial charge in [0.25, 0.3) is 11.8 Å². The molecule has 2 aliphatic carbocycles. The highest BCUT2D eigenvalue weighted by Gasteiger charge is 2.31. The van der Waals surface area contributed by atoms with Gasteiger partial charge in [0.05, 0.1) is 0 Å². The Labute approximate surface area is 195 Å². The first-order chi connectivity index (χ1) is 14.9. The van der Waals surface area contributed by atoms with E-state index < -0.39 is 0 Å². The molecule has 0 spiro atoms. The number of carbonyl (C=O) groups excluding carboxylic acids is 2. The van der Waals surface area contributed by atoms with Crippen LogP contribution in [0, 0.1) is 22.7 Å². The molecule has 0 heterocycles. The summed E-state index contributed by atoms with van der Waals surface area (Å²) in [4.78, 5) is 25.4. The minimum atomic E-state index is -0.0309. The van der Waals surface area contributed by atoms with Crippen molar-refractivity contribution in [1.82, 2.24) is 10.6 Å². The molecule has 2 fully saturated rings.